The highest BCUT2D eigenvalue weighted by atomic mass is 16.4. The molecule has 0 aromatic rings. The second-order valence-corrected chi connectivity index (χ2v) is 7.72. The smallest absolute Gasteiger partial charge is 0.324 e. The van der Waals surface area contributed by atoms with Crippen LogP contribution in [0.4, 0.5) is 0 Å². The van der Waals surface area contributed by atoms with Crippen molar-refractivity contribution in [1.29, 1.82) is 0 Å². The minimum absolute atomic E-state index is 0.666. The third-order valence-electron chi connectivity index (χ3n) is 5.47. The lowest BCUT2D eigenvalue weighted by atomic mass is 9.86. The molecule has 2 N–H and O–H groups in total. The number of hydrogen-bond donors (Lipinski definition) is 2. The summed E-state index contributed by atoms with van der Waals surface area (Å²) in [6, 6.07) is 0. The van der Waals surface area contributed by atoms with Gasteiger partial charge in [0, 0.05) is 0 Å². The Kier molecular flexibility index (Phi) is 15.2. The Morgan fingerprint density at radius 3 is 1.68 bits per heavy atom. The van der Waals surface area contributed by atoms with Crippen molar-refractivity contribution in [2.45, 2.75) is 102 Å². The molecule has 4 heteroatoms. The highest BCUT2D eigenvalue weighted by molar-refractivity contribution is 5.78. The fourth-order valence-electron chi connectivity index (χ4n) is 3.62. The van der Waals surface area contributed by atoms with Crippen molar-refractivity contribution in [3.63, 3.8) is 0 Å². The van der Waals surface area contributed by atoms with Crippen LogP contribution in [0.3, 0.4) is 0 Å². The van der Waals surface area contributed by atoms with E-state index in [1.807, 2.05) is 26.0 Å². The summed E-state index contributed by atoms with van der Waals surface area (Å²) in [5, 5.41) is 12.9. The van der Waals surface area contributed by atoms with Crippen LogP contribution in [0, 0.1) is 0 Å². The van der Waals surface area contributed by atoms with Crippen LogP contribution in [-0.2, 0) is 4.79 Å². The van der Waals surface area contributed by atoms with E-state index in [-0.39, 0.29) is 0 Å². The lowest BCUT2D eigenvalue weighted by Gasteiger charge is -2.36. The van der Waals surface area contributed by atoms with Crippen LogP contribution in [-0.4, -0.2) is 49.2 Å². The predicted octanol–water partition coefficient (Wildman–Crippen LogP) is 5.07. The Balaban J connectivity index is 3.93. The molecule has 0 aromatic carbocycles. The Morgan fingerprint density at radius 1 is 0.840 bits per heavy atom. The van der Waals surface area contributed by atoms with Gasteiger partial charge in [-0.2, -0.15) is 0 Å². The fourth-order valence-corrected chi connectivity index (χ4v) is 3.62. The third kappa shape index (κ3) is 10.9. The van der Waals surface area contributed by atoms with Gasteiger partial charge in [-0.05, 0) is 47.0 Å². The zero-order valence-electron chi connectivity index (χ0n) is 17.4. The third-order valence-corrected chi connectivity index (χ3v) is 5.47. The summed E-state index contributed by atoms with van der Waals surface area (Å²) < 4.78 is 0. The maximum absolute atomic E-state index is 11.9. The first-order chi connectivity index (χ1) is 12.0. The van der Waals surface area contributed by atoms with Crippen molar-refractivity contribution in [1.82, 2.24) is 10.2 Å². The van der Waals surface area contributed by atoms with E-state index >= 15 is 0 Å². The van der Waals surface area contributed by atoms with E-state index in [0.29, 0.717) is 6.42 Å². The highest BCUT2D eigenvalue weighted by Gasteiger charge is 2.39. The van der Waals surface area contributed by atoms with Crippen LogP contribution in [0.2, 0.25) is 0 Å². The van der Waals surface area contributed by atoms with Crippen LogP contribution in [0.5, 0.6) is 0 Å². The molecule has 0 saturated carbocycles. The zero-order chi connectivity index (χ0) is 19.0. The fraction of sp³-hybridized carbons (Fsp3) is 0.952. The van der Waals surface area contributed by atoms with E-state index in [9.17, 15) is 9.90 Å². The number of hydrogen-bond acceptors (Lipinski definition) is 3. The first-order valence-electron chi connectivity index (χ1n) is 10.6. The number of carboxylic acid groups (broad SMARTS) is 1. The molecule has 0 saturated heterocycles. The number of nitrogens with zero attached hydrogens (tertiary/aromatic N) is 1. The molecule has 4 nitrogen and oxygen atoms in total. The summed E-state index contributed by atoms with van der Waals surface area (Å²) in [5.41, 5.74) is -0.698. The summed E-state index contributed by atoms with van der Waals surface area (Å²) in [6.07, 6.45) is 16.7. The molecule has 0 rings (SSSR count). The van der Waals surface area contributed by atoms with E-state index in [4.69, 9.17) is 0 Å². The Hall–Kier alpha value is -0.610. The number of carboxylic acids is 1. The van der Waals surface area contributed by atoms with Gasteiger partial charge in [0.25, 0.3) is 0 Å². The molecule has 1 unspecified atom stereocenters. The minimum Gasteiger partial charge on any atom is -0.480 e. The molecular formula is C21H44N2O2. The van der Waals surface area contributed by atoms with E-state index in [2.05, 4.69) is 12.2 Å². The molecule has 150 valence electrons. The maximum Gasteiger partial charge on any atom is 0.324 e. The largest absolute Gasteiger partial charge is 0.480 e. The summed E-state index contributed by atoms with van der Waals surface area (Å²) in [4.78, 5) is 13.8. The van der Waals surface area contributed by atoms with Gasteiger partial charge in [-0.3, -0.25) is 9.69 Å². The second-order valence-electron chi connectivity index (χ2n) is 7.72. The van der Waals surface area contributed by atoms with E-state index < -0.39 is 11.5 Å². The van der Waals surface area contributed by atoms with Gasteiger partial charge in [-0.15, -0.1) is 0 Å². The minimum atomic E-state index is -0.698. The second kappa shape index (κ2) is 15.6. The molecule has 0 aromatic heterocycles. The van der Waals surface area contributed by atoms with E-state index in [0.717, 1.165) is 32.2 Å². The molecular weight excluding hydrogens is 312 g/mol. The molecule has 0 aliphatic rings. The van der Waals surface area contributed by atoms with Gasteiger partial charge in [0.2, 0.25) is 0 Å². The molecule has 0 heterocycles. The number of nitrogens with one attached hydrogen (secondary N) is 1. The van der Waals surface area contributed by atoms with Crippen molar-refractivity contribution < 1.29 is 9.90 Å². The summed E-state index contributed by atoms with van der Waals surface area (Å²) >= 11 is 0. The van der Waals surface area contributed by atoms with Crippen molar-refractivity contribution in [2.24, 2.45) is 0 Å². The molecule has 0 aliphatic heterocycles. The van der Waals surface area contributed by atoms with E-state index in [1.165, 1.54) is 57.8 Å². The molecule has 0 aliphatic carbocycles. The van der Waals surface area contributed by atoms with Crippen LogP contribution in [0.15, 0.2) is 0 Å². The number of likely N-dealkylation sites (N-methyl/N-ethyl adjacent to an activating group) is 1. The molecule has 1 atom stereocenters. The predicted molar refractivity (Wildman–Crippen MR) is 108 cm³/mol. The molecule has 0 fully saturated rings. The van der Waals surface area contributed by atoms with Gasteiger partial charge in [-0.25, -0.2) is 0 Å². The van der Waals surface area contributed by atoms with Crippen LogP contribution in [0.25, 0.3) is 0 Å². The first-order valence-corrected chi connectivity index (χ1v) is 10.6. The zero-order valence-corrected chi connectivity index (χ0v) is 17.4. The average Bonchev–Trinajstić information content (AvgIpc) is 2.57. The lowest BCUT2D eigenvalue weighted by molar-refractivity contribution is -0.151. The molecule has 0 amide bonds. The number of carbonyl (C=O) groups is 1. The molecule has 0 bridgehead atoms. The molecule has 0 spiro atoms. The van der Waals surface area contributed by atoms with Gasteiger partial charge >= 0.3 is 5.97 Å². The standard InChI is InChI=1S/C21H44N2O2/c1-5-6-7-8-9-10-11-12-13-14-15-17-21(20(24)25,23(3)4)18-16-19-22-2/h22H,5-19H2,1-4H3,(H,24,25). The first kappa shape index (κ1) is 24.4. The maximum atomic E-state index is 11.9. The quantitative estimate of drug-likeness (QED) is 0.337. The van der Waals surface area contributed by atoms with Crippen molar-refractivity contribution in [3.05, 3.63) is 0 Å². The Morgan fingerprint density at radius 2 is 1.28 bits per heavy atom. The van der Waals surface area contributed by atoms with Gasteiger partial charge in [-0.1, -0.05) is 77.6 Å². The Labute approximate surface area is 156 Å². The summed E-state index contributed by atoms with van der Waals surface area (Å²) in [7, 11) is 5.74. The summed E-state index contributed by atoms with van der Waals surface area (Å²) in [6.45, 7) is 3.14. The SMILES string of the molecule is CCCCCCCCCCCCCC(CCCNC)(C(=O)O)N(C)C. The summed E-state index contributed by atoms with van der Waals surface area (Å²) in [5.74, 6) is -0.666. The van der Waals surface area contributed by atoms with Crippen LogP contribution < -0.4 is 5.32 Å². The van der Waals surface area contributed by atoms with Crippen LogP contribution >= 0.6 is 0 Å². The number of unbranched alkanes of at least 4 members (excludes halogenated alkanes) is 10. The molecule has 0 radical (unpaired) electrons. The number of aliphatic carboxylic acids is 1. The normalized spacial score (nSPS) is 14.0. The van der Waals surface area contributed by atoms with Gasteiger partial charge < -0.3 is 10.4 Å². The lowest BCUT2D eigenvalue weighted by Crippen LogP contribution is -2.51. The number of rotatable bonds is 18. The van der Waals surface area contributed by atoms with Gasteiger partial charge in [0.1, 0.15) is 5.54 Å². The van der Waals surface area contributed by atoms with Crippen LogP contribution in [0.1, 0.15) is 96.8 Å². The van der Waals surface area contributed by atoms with Crippen molar-refractivity contribution in [3.8, 4) is 0 Å². The average molecular weight is 357 g/mol. The van der Waals surface area contributed by atoms with Crippen molar-refractivity contribution in [2.75, 3.05) is 27.7 Å². The molecule has 25 heavy (non-hydrogen) atoms. The van der Waals surface area contributed by atoms with Gasteiger partial charge in [0.05, 0.1) is 0 Å². The Bertz CT molecular complexity index is 321. The van der Waals surface area contributed by atoms with E-state index in [1.54, 1.807) is 0 Å². The topological polar surface area (TPSA) is 52.6 Å². The van der Waals surface area contributed by atoms with Gasteiger partial charge in [0.15, 0.2) is 0 Å². The monoisotopic (exact) mass is 356 g/mol. The highest BCUT2D eigenvalue weighted by Crippen LogP contribution is 2.27. The van der Waals surface area contributed by atoms with Crippen molar-refractivity contribution >= 4 is 5.97 Å².